The van der Waals surface area contributed by atoms with Crippen molar-refractivity contribution in [2.75, 3.05) is 6.16 Å². The van der Waals surface area contributed by atoms with Gasteiger partial charge in [-0.3, -0.25) is 0 Å². The fraction of sp³-hybridized carbons (Fsp3) is 0.182. The van der Waals surface area contributed by atoms with Gasteiger partial charge in [-0.2, -0.15) is 0 Å². The van der Waals surface area contributed by atoms with E-state index in [0.29, 0.717) is 16.2 Å². The Bertz CT molecular complexity index is 836. The average molecular weight is 366 g/mol. The van der Waals surface area contributed by atoms with Crippen LogP contribution < -0.4 is 10.6 Å². The van der Waals surface area contributed by atoms with Crippen molar-refractivity contribution in [1.29, 1.82) is 0 Å². The van der Waals surface area contributed by atoms with E-state index in [1.54, 1.807) is 24.3 Å². The molecule has 3 aromatic carbocycles. The molecule has 0 amide bonds. The minimum Gasteiger partial charge on any atom is -0.390 e. The van der Waals surface area contributed by atoms with Crippen LogP contribution in [0.1, 0.15) is 12.5 Å². The highest BCUT2D eigenvalue weighted by Gasteiger charge is 2.43. The van der Waals surface area contributed by atoms with E-state index in [-0.39, 0.29) is 6.16 Å². The van der Waals surface area contributed by atoms with Crippen LogP contribution in [-0.4, -0.2) is 22.5 Å². The number of rotatable bonds is 6. The number of aliphatic hydroxyl groups is 2. The molecular formula is C22H23O3P. The summed E-state index contributed by atoms with van der Waals surface area (Å²) in [5.74, 6) is 0. The van der Waals surface area contributed by atoms with Crippen LogP contribution in [0.4, 0.5) is 0 Å². The van der Waals surface area contributed by atoms with Crippen molar-refractivity contribution in [3.05, 3.63) is 96.6 Å². The van der Waals surface area contributed by atoms with E-state index >= 15 is 0 Å². The maximum Gasteiger partial charge on any atom is 0.146 e. The van der Waals surface area contributed by atoms with Crippen molar-refractivity contribution in [3.8, 4) is 0 Å². The van der Waals surface area contributed by atoms with Gasteiger partial charge in [0, 0.05) is 16.8 Å². The molecule has 3 rings (SSSR count). The number of hydrogen-bond acceptors (Lipinski definition) is 3. The van der Waals surface area contributed by atoms with Gasteiger partial charge < -0.3 is 14.8 Å². The van der Waals surface area contributed by atoms with Gasteiger partial charge in [0.2, 0.25) is 0 Å². The van der Waals surface area contributed by atoms with E-state index in [1.807, 2.05) is 66.7 Å². The van der Waals surface area contributed by atoms with Gasteiger partial charge in [0.05, 0.1) is 6.10 Å². The van der Waals surface area contributed by atoms with Crippen LogP contribution >= 0.6 is 7.14 Å². The van der Waals surface area contributed by atoms with E-state index in [2.05, 4.69) is 0 Å². The van der Waals surface area contributed by atoms with Crippen molar-refractivity contribution < 1.29 is 14.8 Å². The Hall–Kier alpha value is -2.19. The van der Waals surface area contributed by atoms with Gasteiger partial charge in [-0.15, -0.1) is 0 Å². The maximum atomic E-state index is 14.2. The van der Waals surface area contributed by atoms with Gasteiger partial charge in [-0.1, -0.05) is 91.0 Å². The van der Waals surface area contributed by atoms with Gasteiger partial charge in [0.1, 0.15) is 12.7 Å². The predicted molar refractivity (Wildman–Crippen MR) is 107 cm³/mol. The Kier molecular flexibility index (Phi) is 5.43. The third-order valence-corrected chi connectivity index (χ3v) is 7.97. The Labute approximate surface area is 154 Å². The van der Waals surface area contributed by atoms with Gasteiger partial charge in [0.15, 0.2) is 0 Å². The summed E-state index contributed by atoms with van der Waals surface area (Å²) in [6.45, 7) is 1.54. The van der Waals surface area contributed by atoms with Crippen LogP contribution in [0.3, 0.4) is 0 Å². The summed E-state index contributed by atoms with van der Waals surface area (Å²) >= 11 is 0. The zero-order valence-corrected chi connectivity index (χ0v) is 15.6. The lowest BCUT2D eigenvalue weighted by Gasteiger charge is -2.35. The van der Waals surface area contributed by atoms with E-state index < -0.39 is 18.8 Å². The number of aliphatic hydroxyl groups excluding tert-OH is 1. The van der Waals surface area contributed by atoms with Crippen molar-refractivity contribution in [1.82, 2.24) is 0 Å². The van der Waals surface area contributed by atoms with Gasteiger partial charge >= 0.3 is 0 Å². The summed E-state index contributed by atoms with van der Waals surface area (Å²) < 4.78 is 14.2. The molecule has 0 aromatic heterocycles. The van der Waals surface area contributed by atoms with E-state index in [0.717, 1.165) is 0 Å². The zero-order valence-electron chi connectivity index (χ0n) is 14.7. The largest absolute Gasteiger partial charge is 0.390 e. The van der Waals surface area contributed by atoms with Crippen LogP contribution in [0.2, 0.25) is 0 Å². The lowest BCUT2D eigenvalue weighted by Crippen LogP contribution is -2.43. The fourth-order valence-corrected chi connectivity index (χ4v) is 6.30. The standard InChI is InChI=1S/C22H23O3P/c1-18(23)22(24,19-11-5-2-6-12-19)17-26(25,20-13-7-3-8-14-20)21-15-9-4-10-16-21/h2-16,18,23-24H,17H2,1H3/t18?,22-/m0/s1. The Morgan fingerprint density at radius 3 is 1.58 bits per heavy atom. The lowest BCUT2D eigenvalue weighted by atomic mass is 9.91. The van der Waals surface area contributed by atoms with E-state index in [1.165, 1.54) is 6.92 Å². The molecule has 134 valence electrons. The van der Waals surface area contributed by atoms with E-state index in [4.69, 9.17) is 0 Å². The molecule has 0 aliphatic rings. The minimum atomic E-state index is -3.17. The first kappa shape index (κ1) is 18.6. The third-order valence-electron chi connectivity index (χ3n) is 4.78. The Morgan fingerprint density at radius 2 is 1.19 bits per heavy atom. The van der Waals surface area contributed by atoms with Crippen LogP contribution in [0.25, 0.3) is 0 Å². The molecule has 2 atom stereocenters. The summed E-state index contributed by atoms with van der Waals surface area (Å²) in [5.41, 5.74) is -1.07. The molecule has 0 aliphatic carbocycles. The third kappa shape index (κ3) is 3.52. The number of benzene rings is 3. The second-order valence-electron chi connectivity index (χ2n) is 6.54. The summed E-state index contributed by atoms with van der Waals surface area (Å²) in [5, 5.41) is 23.1. The number of hydrogen-bond donors (Lipinski definition) is 2. The minimum absolute atomic E-state index is 0.0737. The molecule has 3 aromatic rings. The van der Waals surface area contributed by atoms with Crippen LogP contribution in [0.5, 0.6) is 0 Å². The van der Waals surface area contributed by atoms with Crippen LogP contribution in [0, 0.1) is 0 Å². The van der Waals surface area contributed by atoms with E-state index in [9.17, 15) is 14.8 Å². The van der Waals surface area contributed by atoms with Gasteiger partial charge in [0.25, 0.3) is 0 Å². The normalized spacial score (nSPS) is 15.2. The summed E-state index contributed by atoms with van der Waals surface area (Å²) in [6, 6.07) is 27.4. The predicted octanol–water partition coefficient (Wildman–Crippen LogP) is 3.27. The molecule has 0 bridgehead atoms. The lowest BCUT2D eigenvalue weighted by molar-refractivity contribution is -0.0542. The molecular weight excluding hydrogens is 343 g/mol. The highest BCUT2D eigenvalue weighted by atomic mass is 31.2. The Balaban J connectivity index is 2.16. The van der Waals surface area contributed by atoms with Gasteiger partial charge in [-0.25, -0.2) is 0 Å². The van der Waals surface area contributed by atoms with Crippen LogP contribution in [-0.2, 0) is 10.2 Å². The highest BCUT2D eigenvalue weighted by Crippen LogP contribution is 2.49. The molecule has 0 saturated carbocycles. The maximum absolute atomic E-state index is 14.2. The molecule has 4 heteroatoms. The second-order valence-corrected chi connectivity index (χ2v) is 9.36. The molecule has 1 unspecified atom stereocenters. The average Bonchev–Trinajstić information content (AvgIpc) is 2.69. The molecule has 2 N–H and O–H groups in total. The van der Waals surface area contributed by atoms with Crippen molar-refractivity contribution >= 4 is 17.8 Å². The Morgan fingerprint density at radius 1 is 0.808 bits per heavy atom. The fourth-order valence-electron chi connectivity index (χ4n) is 3.20. The quantitative estimate of drug-likeness (QED) is 0.659. The van der Waals surface area contributed by atoms with Crippen molar-refractivity contribution in [2.24, 2.45) is 0 Å². The first-order valence-electron chi connectivity index (χ1n) is 8.63. The molecule has 0 heterocycles. The molecule has 26 heavy (non-hydrogen) atoms. The first-order chi connectivity index (χ1) is 12.5. The summed E-state index contributed by atoms with van der Waals surface area (Å²) in [7, 11) is -3.17. The smallest absolute Gasteiger partial charge is 0.146 e. The van der Waals surface area contributed by atoms with Crippen molar-refractivity contribution in [2.45, 2.75) is 18.6 Å². The van der Waals surface area contributed by atoms with Crippen LogP contribution in [0.15, 0.2) is 91.0 Å². The molecule has 3 nitrogen and oxygen atoms in total. The summed E-state index contributed by atoms with van der Waals surface area (Å²) in [6.07, 6.45) is -1.15. The SMILES string of the molecule is CC(O)[C@@](O)(CP(=O)(c1ccccc1)c1ccccc1)c1ccccc1. The molecule has 0 fully saturated rings. The first-order valence-corrected chi connectivity index (χ1v) is 10.5. The van der Waals surface area contributed by atoms with Gasteiger partial charge in [-0.05, 0) is 12.5 Å². The second kappa shape index (κ2) is 7.59. The molecule has 0 radical (unpaired) electrons. The zero-order chi connectivity index (χ0) is 18.6. The molecule has 0 saturated heterocycles. The topological polar surface area (TPSA) is 57.5 Å². The summed E-state index contributed by atoms with van der Waals surface area (Å²) in [4.78, 5) is 0. The van der Waals surface area contributed by atoms with Crippen molar-refractivity contribution in [3.63, 3.8) is 0 Å². The highest BCUT2D eigenvalue weighted by molar-refractivity contribution is 7.78. The molecule has 0 spiro atoms. The monoisotopic (exact) mass is 366 g/mol. The molecule has 0 aliphatic heterocycles.